The van der Waals surface area contributed by atoms with Gasteiger partial charge >= 0.3 is 12.0 Å². The van der Waals surface area contributed by atoms with Crippen LogP contribution in [0.4, 0.5) is 9.18 Å². The number of rotatable bonds is 5. The fourth-order valence-electron chi connectivity index (χ4n) is 2.03. The Morgan fingerprint density at radius 1 is 1.50 bits per heavy atom. The topological polar surface area (TPSA) is 69.6 Å². The second-order valence-electron chi connectivity index (χ2n) is 5.09. The van der Waals surface area contributed by atoms with Gasteiger partial charge in [0.15, 0.2) is 0 Å². The predicted octanol–water partition coefficient (Wildman–Crippen LogP) is 1.83. The minimum Gasteiger partial charge on any atom is -0.480 e. The third kappa shape index (κ3) is 3.69. The van der Waals surface area contributed by atoms with Gasteiger partial charge in [0.2, 0.25) is 0 Å². The van der Waals surface area contributed by atoms with Gasteiger partial charge in [0.1, 0.15) is 11.9 Å². The number of carbonyl (C=O) groups is 2. The smallest absolute Gasteiger partial charge is 0.326 e. The summed E-state index contributed by atoms with van der Waals surface area (Å²) in [5.41, 5.74) is 0.654. The standard InChI is InChI=1S/C14H17FN2O3/c1-17(8-9-3-2-4-11(15)7-9)14(20)16-12(13(18)19)10-5-6-10/h2-4,7,10,12H,5-6,8H2,1H3,(H,16,20)(H,18,19). The molecule has 1 aliphatic carbocycles. The summed E-state index contributed by atoms with van der Waals surface area (Å²) in [5, 5.41) is 11.6. The highest BCUT2D eigenvalue weighted by molar-refractivity contribution is 5.83. The highest BCUT2D eigenvalue weighted by atomic mass is 19.1. The van der Waals surface area contributed by atoms with Crippen LogP contribution in [0.3, 0.4) is 0 Å². The van der Waals surface area contributed by atoms with E-state index in [9.17, 15) is 14.0 Å². The number of hydrogen-bond acceptors (Lipinski definition) is 2. The van der Waals surface area contributed by atoms with Crippen molar-refractivity contribution in [2.45, 2.75) is 25.4 Å². The van der Waals surface area contributed by atoms with Crippen molar-refractivity contribution >= 4 is 12.0 Å². The Morgan fingerprint density at radius 2 is 2.20 bits per heavy atom. The number of nitrogens with one attached hydrogen (secondary N) is 1. The fourth-order valence-corrected chi connectivity index (χ4v) is 2.03. The van der Waals surface area contributed by atoms with Crippen molar-refractivity contribution in [2.24, 2.45) is 5.92 Å². The lowest BCUT2D eigenvalue weighted by atomic mass is 10.2. The second kappa shape index (κ2) is 5.90. The molecule has 5 nitrogen and oxygen atoms in total. The molecule has 1 saturated carbocycles. The van der Waals surface area contributed by atoms with Crippen LogP contribution < -0.4 is 5.32 Å². The number of amides is 2. The number of aliphatic carboxylic acids is 1. The zero-order valence-corrected chi connectivity index (χ0v) is 11.2. The van der Waals surface area contributed by atoms with Crippen molar-refractivity contribution < 1.29 is 19.1 Å². The quantitative estimate of drug-likeness (QED) is 0.864. The Bertz CT molecular complexity index is 517. The van der Waals surface area contributed by atoms with Crippen LogP contribution >= 0.6 is 0 Å². The molecule has 0 radical (unpaired) electrons. The maximum atomic E-state index is 13.1. The van der Waals surface area contributed by atoms with Crippen LogP contribution in [-0.4, -0.2) is 35.1 Å². The monoisotopic (exact) mass is 280 g/mol. The Morgan fingerprint density at radius 3 is 2.75 bits per heavy atom. The molecule has 1 unspecified atom stereocenters. The minimum absolute atomic E-state index is 0.0269. The van der Waals surface area contributed by atoms with E-state index in [1.54, 1.807) is 19.2 Å². The SMILES string of the molecule is CN(Cc1cccc(F)c1)C(=O)NC(C(=O)O)C1CC1. The maximum Gasteiger partial charge on any atom is 0.326 e. The van der Waals surface area contributed by atoms with Gasteiger partial charge in [-0.15, -0.1) is 0 Å². The summed E-state index contributed by atoms with van der Waals surface area (Å²) in [6, 6.07) is 4.66. The Labute approximate surface area is 116 Å². The van der Waals surface area contributed by atoms with E-state index in [2.05, 4.69) is 5.32 Å². The molecule has 6 heteroatoms. The summed E-state index contributed by atoms with van der Waals surface area (Å²) < 4.78 is 13.1. The van der Waals surface area contributed by atoms with E-state index in [1.165, 1.54) is 17.0 Å². The van der Waals surface area contributed by atoms with Gasteiger partial charge in [0.25, 0.3) is 0 Å². The average Bonchev–Trinajstić information content (AvgIpc) is 3.19. The van der Waals surface area contributed by atoms with Crippen molar-refractivity contribution in [1.29, 1.82) is 0 Å². The molecular weight excluding hydrogens is 263 g/mol. The first-order valence-corrected chi connectivity index (χ1v) is 6.46. The van der Waals surface area contributed by atoms with Crippen LogP contribution in [0.15, 0.2) is 24.3 Å². The van der Waals surface area contributed by atoms with Crippen molar-refractivity contribution in [3.63, 3.8) is 0 Å². The third-order valence-electron chi connectivity index (χ3n) is 3.29. The van der Waals surface area contributed by atoms with Gasteiger partial charge < -0.3 is 15.3 Å². The molecule has 2 amide bonds. The van der Waals surface area contributed by atoms with E-state index in [-0.39, 0.29) is 18.3 Å². The van der Waals surface area contributed by atoms with Crippen molar-refractivity contribution in [3.05, 3.63) is 35.6 Å². The number of benzene rings is 1. The molecule has 1 aromatic rings. The number of carboxylic acids is 1. The lowest BCUT2D eigenvalue weighted by molar-refractivity contribution is -0.139. The highest BCUT2D eigenvalue weighted by Gasteiger charge is 2.37. The van der Waals surface area contributed by atoms with Crippen LogP contribution in [-0.2, 0) is 11.3 Å². The number of carboxylic acid groups (broad SMARTS) is 1. The molecule has 2 rings (SSSR count). The number of halogens is 1. The summed E-state index contributed by atoms with van der Waals surface area (Å²) in [7, 11) is 1.55. The Kier molecular flexibility index (Phi) is 4.22. The number of urea groups is 1. The highest BCUT2D eigenvalue weighted by Crippen LogP contribution is 2.32. The molecular formula is C14H17FN2O3. The zero-order chi connectivity index (χ0) is 14.7. The Balaban J connectivity index is 1.92. The molecule has 0 heterocycles. The van der Waals surface area contributed by atoms with E-state index >= 15 is 0 Å². The van der Waals surface area contributed by atoms with Gasteiger partial charge in [-0.25, -0.2) is 14.0 Å². The molecule has 0 spiro atoms. The van der Waals surface area contributed by atoms with E-state index in [0.29, 0.717) is 5.56 Å². The maximum absolute atomic E-state index is 13.1. The first-order valence-electron chi connectivity index (χ1n) is 6.46. The van der Waals surface area contributed by atoms with Crippen molar-refractivity contribution in [2.75, 3.05) is 7.05 Å². The lowest BCUT2D eigenvalue weighted by Gasteiger charge is -2.21. The van der Waals surface area contributed by atoms with Gasteiger partial charge in [0, 0.05) is 13.6 Å². The number of carbonyl (C=O) groups excluding carboxylic acids is 1. The van der Waals surface area contributed by atoms with Gasteiger partial charge in [-0.2, -0.15) is 0 Å². The largest absolute Gasteiger partial charge is 0.480 e. The van der Waals surface area contributed by atoms with Gasteiger partial charge in [-0.3, -0.25) is 0 Å². The summed E-state index contributed by atoms with van der Waals surface area (Å²) in [6.07, 6.45) is 1.65. The van der Waals surface area contributed by atoms with E-state index in [0.717, 1.165) is 12.8 Å². The van der Waals surface area contributed by atoms with Gasteiger partial charge in [0.05, 0.1) is 0 Å². The van der Waals surface area contributed by atoms with E-state index in [4.69, 9.17) is 5.11 Å². The van der Waals surface area contributed by atoms with Crippen LogP contribution in [0.5, 0.6) is 0 Å². The normalized spacial score (nSPS) is 15.5. The Hall–Kier alpha value is -2.11. The van der Waals surface area contributed by atoms with Gasteiger partial charge in [-0.1, -0.05) is 12.1 Å². The molecule has 2 N–H and O–H groups in total. The van der Waals surface area contributed by atoms with Crippen LogP contribution in [0.2, 0.25) is 0 Å². The lowest BCUT2D eigenvalue weighted by Crippen LogP contribution is -2.47. The molecule has 0 aliphatic heterocycles. The summed E-state index contributed by atoms with van der Waals surface area (Å²) in [5.74, 6) is -1.35. The number of hydrogen-bond donors (Lipinski definition) is 2. The molecule has 1 aromatic carbocycles. The summed E-state index contributed by atoms with van der Waals surface area (Å²) in [4.78, 5) is 24.3. The first-order chi connectivity index (χ1) is 9.47. The van der Waals surface area contributed by atoms with E-state index in [1.807, 2.05) is 0 Å². The average molecular weight is 280 g/mol. The number of nitrogens with zero attached hydrogens (tertiary/aromatic N) is 1. The van der Waals surface area contributed by atoms with Crippen molar-refractivity contribution in [3.8, 4) is 0 Å². The molecule has 1 fully saturated rings. The molecule has 0 aromatic heterocycles. The van der Waals surface area contributed by atoms with Crippen LogP contribution in [0.25, 0.3) is 0 Å². The first kappa shape index (κ1) is 14.3. The molecule has 1 atom stereocenters. The fraction of sp³-hybridized carbons (Fsp3) is 0.429. The summed E-state index contributed by atoms with van der Waals surface area (Å²) in [6.45, 7) is 0.223. The molecule has 20 heavy (non-hydrogen) atoms. The van der Waals surface area contributed by atoms with Crippen molar-refractivity contribution in [1.82, 2.24) is 10.2 Å². The molecule has 108 valence electrons. The molecule has 0 saturated heterocycles. The minimum atomic E-state index is -1.01. The van der Waals surface area contributed by atoms with Gasteiger partial charge in [-0.05, 0) is 36.5 Å². The second-order valence-corrected chi connectivity index (χ2v) is 5.09. The summed E-state index contributed by atoms with van der Waals surface area (Å²) >= 11 is 0. The molecule has 0 bridgehead atoms. The predicted molar refractivity (Wildman–Crippen MR) is 70.5 cm³/mol. The third-order valence-corrected chi connectivity index (χ3v) is 3.29. The van der Waals surface area contributed by atoms with E-state index < -0.39 is 18.0 Å². The zero-order valence-electron chi connectivity index (χ0n) is 11.2. The molecule has 1 aliphatic rings. The van der Waals surface area contributed by atoms with Crippen LogP contribution in [0.1, 0.15) is 18.4 Å². The van der Waals surface area contributed by atoms with Crippen LogP contribution in [0, 0.1) is 11.7 Å².